The number of carbonyl (C=O) groups is 2. The molecule has 4 aromatic rings. The first-order valence-corrected chi connectivity index (χ1v) is 11.4. The third kappa shape index (κ3) is 4.92. The number of hydrogen-bond donors (Lipinski definition) is 1. The molecule has 0 aliphatic heterocycles. The first-order chi connectivity index (χ1) is 15.0. The number of nitrogens with one attached hydrogen (secondary N) is 1. The fourth-order valence-electron chi connectivity index (χ4n) is 3.01. The molecule has 0 unspecified atom stereocenters. The molecule has 6 nitrogen and oxygen atoms in total. The number of amides is 2. The molecule has 0 saturated heterocycles. The minimum atomic E-state index is -0.162. The van der Waals surface area contributed by atoms with Crippen molar-refractivity contribution in [3.05, 3.63) is 72.6 Å². The zero-order valence-corrected chi connectivity index (χ0v) is 18.7. The summed E-state index contributed by atoms with van der Waals surface area (Å²) in [5.74, 6) is -0.0700. The van der Waals surface area contributed by atoms with Crippen LogP contribution in [0.3, 0.4) is 0 Å². The Morgan fingerprint density at radius 1 is 1.03 bits per heavy atom. The smallest absolute Gasteiger partial charge is 0.253 e. The predicted molar refractivity (Wildman–Crippen MR) is 127 cm³/mol. The molecule has 2 aromatic heterocycles. The standard InChI is InChI=1S/C23H20N4O2S2/c1-27(2)23(29)16-9-6-10-17(11-16)26-20(28)13-30-21-18-12-19(15-7-4-3-5-8-15)31-22(18)25-14-24-21/h3-12,14H,13H2,1-2H3,(H,26,28). The number of nitrogens with zero attached hydrogens (tertiary/aromatic N) is 3. The number of benzene rings is 2. The Kier molecular flexibility index (Phi) is 6.29. The molecule has 2 heterocycles. The molecule has 0 fully saturated rings. The maximum Gasteiger partial charge on any atom is 0.253 e. The third-order valence-electron chi connectivity index (χ3n) is 4.49. The molecule has 0 atom stereocenters. The van der Waals surface area contributed by atoms with Crippen LogP contribution in [0.5, 0.6) is 0 Å². The highest BCUT2D eigenvalue weighted by atomic mass is 32.2. The molecule has 0 bridgehead atoms. The van der Waals surface area contributed by atoms with Gasteiger partial charge < -0.3 is 10.2 Å². The Hall–Kier alpha value is -3.23. The molecule has 0 aliphatic rings. The van der Waals surface area contributed by atoms with Gasteiger partial charge in [-0.3, -0.25) is 9.59 Å². The molecular weight excluding hydrogens is 428 g/mol. The normalized spacial score (nSPS) is 10.8. The van der Waals surface area contributed by atoms with Gasteiger partial charge in [0.1, 0.15) is 16.2 Å². The number of carbonyl (C=O) groups excluding carboxylic acids is 2. The van der Waals surface area contributed by atoms with E-state index in [0.29, 0.717) is 11.3 Å². The fraction of sp³-hybridized carbons (Fsp3) is 0.130. The molecule has 31 heavy (non-hydrogen) atoms. The lowest BCUT2D eigenvalue weighted by Gasteiger charge is -2.11. The Bertz CT molecular complexity index is 1240. The first kappa shape index (κ1) is 21.0. The van der Waals surface area contributed by atoms with E-state index < -0.39 is 0 Å². The van der Waals surface area contributed by atoms with Crippen molar-refractivity contribution in [1.29, 1.82) is 0 Å². The summed E-state index contributed by atoms with van der Waals surface area (Å²) < 4.78 is 0. The molecular formula is C23H20N4O2S2. The summed E-state index contributed by atoms with van der Waals surface area (Å²) in [5, 5.41) is 4.57. The van der Waals surface area contributed by atoms with Crippen molar-refractivity contribution in [2.24, 2.45) is 0 Å². The SMILES string of the molecule is CN(C)C(=O)c1cccc(NC(=O)CSc2ncnc3sc(-c4ccccc4)cc23)c1. The molecule has 0 spiro atoms. The van der Waals surface area contributed by atoms with Crippen molar-refractivity contribution in [2.75, 3.05) is 25.2 Å². The van der Waals surface area contributed by atoms with Gasteiger partial charge in [0, 0.05) is 35.6 Å². The van der Waals surface area contributed by atoms with E-state index >= 15 is 0 Å². The van der Waals surface area contributed by atoms with Gasteiger partial charge in [-0.1, -0.05) is 48.2 Å². The van der Waals surface area contributed by atoms with Gasteiger partial charge in [0.25, 0.3) is 5.91 Å². The summed E-state index contributed by atoms with van der Waals surface area (Å²) in [6.07, 6.45) is 1.53. The van der Waals surface area contributed by atoms with Crippen molar-refractivity contribution >= 4 is 50.8 Å². The molecule has 0 aliphatic carbocycles. The van der Waals surface area contributed by atoms with Gasteiger partial charge in [0.05, 0.1) is 5.75 Å². The van der Waals surface area contributed by atoms with E-state index in [1.807, 2.05) is 18.2 Å². The zero-order valence-electron chi connectivity index (χ0n) is 17.0. The van der Waals surface area contributed by atoms with Gasteiger partial charge in [-0.05, 0) is 29.8 Å². The van der Waals surface area contributed by atoms with Crippen LogP contribution in [-0.2, 0) is 4.79 Å². The molecule has 2 amide bonds. The van der Waals surface area contributed by atoms with Crippen molar-refractivity contribution in [1.82, 2.24) is 14.9 Å². The lowest BCUT2D eigenvalue weighted by molar-refractivity contribution is -0.113. The number of thioether (sulfide) groups is 1. The number of thiophene rings is 1. The van der Waals surface area contributed by atoms with E-state index in [9.17, 15) is 9.59 Å². The van der Waals surface area contributed by atoms with Crippen LogP contribution < -0.4 is 5.32 Å². The van der Waals surface area contributed by atoms with Crippen LogP contribution >= 0.6 is 23.1 Å². The van der Waals surface area contributed by atoms with Crippen LogP contribution in [0.15, 0.2) is 72.0 Å². The van der Waals surface area contributed by atoms with Crippen LogP contribution in [0.1, 0.15) is 10.4 Å². The van der Waals surface area contributed by atoms with Gasteiger partial charge in [0.15, 0.2) is 0 Å². The van der Waals surface area contributed by atoms with Gasteiger partial charge in [-0.25, -0.2) is 9.97 Å². The van der Waals surface area contributed by atoms with Crippen LogP contribution in [0.4, 0.5) is 5.69 Å². The maximum absolute atomic E-state index is 12.5. The minimum Gasteiger partial charge on any atom is -0.345 e. The highest BCUT2D eigenvalue weighted by Gasteiger charge is 2.13. The number of hydrogen-bond acceptors (Lipinski definition) is 6. The second-order valence-electron chi connectivity index (χ2n) is 6.99. The fourth-order valence-corrected chi connectivity index (χ4v) is 4.85. The Morgan fingerprint density at radius 2 is 1.84 bits per heavy atom. The Morgan fingerprint density at radius 3 is 2.61 bits per heavy atom. The van der Waals surface area contributed by atoms with E-state index in [2.05, 4.69) is 33.5 Å². The average molecular weight is 449 g/mol. The van der Waals surface area contributed by atoms with Crippen LogP contribution in [0, 0.1) is 0 Å². The molecule has 0 radical (unpaired) electrons. The van der Waals surface area contributed by atoms with Crippen LogP contribution in [0.25, 0.3) is 20.7 Å². The Balaban J connectivity index is 1.46. The van der Waals surface area contributed by atoms with Crippen molar-refractivity contribution in [3.8, 4) is 10.4 Å². The first-order valence-electron chi connectivity index (χ1n) is 9.55. The van der Waals surface area contributed by atoms with Gasteiger partial charge in [-0.2, -0.15) is 0 Å². The summed E-state index contributed by atoms with van der Waals surface area (Å²) in [4.78, 5) is 36.9. The third-order valence-corrected chi connectivity index (χ3v) is 6.59. The highest BCUT2D eigenvalue weighted by Crippen LogP contribution is 2.36. The van der Waals surface area contributed by atoms with E-state index in [-0.39, 0.29) is 17.6 Å². The summed E-state index contributed by atoms with van der Waals surface area (Å²) >= 11 is 2.98. The molecule has 4 rings (SSSR count). The predicted octanol–water partition coefficient (Wildman–Crippen LogP) is 4.79. The van der Waals surface area contributed by atoms with Crippen molar-refractivity contribution in [2.45, 2.75) is 5.03 Å². The lowest BCUT2D eigenvalue weighted by Crippen LogP contribution is -2.22. The molecule has 156 valence electrons. The number of aromatic nitrogens is 2. The monoisotopic (exact) mass is 448 g/mol. The maximum atomic E-state index is 12.5. The van der Waals surface area contributed by atoms with Crippen LogP contribution in [0.2, 0.25) is 0 Å². The number of anilines is 1. The van der Waals surface area contributed by atoms with Crippen LogP contribution in [-0.4, -0.2) is 46.5 Å². The second-order valence-corrected chi connectivity index (χ2v) is 8.99. The van der Waals surface area contributed by atoms with Gasteiger partial charge in [0.2, 0.25) is 5.91 Å². The minimum absolute atomic E-state index is 0.111. The second kappa shape index (κ2) is 9.28. The average Bonchev–Trinajstić information content (AvgIpc) is 3.23. The van der Waals surface area contributed by atoms with E-state index in [4.69, 9.17) is 0 Å². The summed E-state index contributed by atoms with van der Waals surface area (Å²) in [5.41, 5.74) is 2.25. The zero-order chi connectivity index (χ0) is 21.8. The largest absolute Gasteiger partial charge is 0.345 e. The summed E-state index contributed by atoms with van der Waals surface area (Å²) in [6, 6.07) is 19.1. The molecule has 1 N–H and O–H groups in total. The van der Waals surface area contributed by atoms with Gasteiger partial charge in [-0.15, -0.1) is 11.3 Å². The summed E-state index contributed by atoms with van der Waals surface area (Å²) in [6.45, 7) is 0. The summed E-state index contributed by atoms with van der Waals surface area (Å²) in [7, 11) is 3.39. The Labute approximate surface area is 188 Å². The lowest BCUT2D eigenvalue weighted by atomic mass is 10.2. The number of fused-ring (bicyclic) bond motifs is 1. The van der Waals surface area contributed by atoms with E-state index in [0.717, 1.165) is 25.7 Å². The van der Waals surface area contributed by atoms with E-state index in [1.165, 1.54) is 23.0 Å². The molecule has 0 saturated carbocycles. The molecule has 2 aromatic carbocycles. The number of rotatable bonds is 6. The van der Waals surface area contributed by atoms with Gasteiger partial charge >= 0.3 is 0 Å². The quantitative estimate of drug-likeness (QED) is 0.339. The van der Waals surface area contributed by atoms with Crippen molar-refractivity contribution < 1.29 is 9.59 Å². The molecule has 8 heteroatoms. The topological polar surface area (TPSA) is 75.2 Å². The highest BCUT2D eigenvalue weighted by molar-refractivity contribution is 8.00. The van der Waals surface area contributed by atoms with E-state index in [1.54, 1.807) is 49.7 Å². The van der Waals surface area contributed by atoms with Crippen molar-refractivity contribution in [3.63, 3.8) is 0 Å².